The van der Waals surface area contributed by atoms with E-state index < -0.39 is 26.5 Å². The Labute approximate surface area is 135 Å². The van der Waals surface area contributed by atoms with Gasteiger partial charge >= 0.3 is 5.97 Å². The molecule has 0 radical (unpaired) electrons. The number of nitrogens with one attached hydrogen (secondary N) is 1. The van der Waals surface area contributed by atoms with Crippen LogP contribution in [-0.2, 0) is 14.8 Å². The molecular weight excluding hydrogens is 380 g/mol. The van der Waals surface area contributed by atoms with Gasteiger partial charge < -0.3 is 5.11 Å². The van der Waals surface area contributed by atoms with Gasteiger partial charge in [0.25, 0.3) is 5.69 Å². The van der Waals surface area contributed by atoms with Crippen LogP contribution in [0.5, 0.6) is 0 Å². The van der Waals surface area contributed by atoms with Gasteiger partial charge in [0.1, 0.15) is 0 Å². The minimum absolute atomic E-state index is 0.0810. The highest BCUT2D eigenvalue weighted by molar-refractivity contribution is 9.10. The molecule has 1 aromatic carbocycles. The number of carboxylic acids is 1. The van der Waals surface area contributed by atoms with E-state index in [4.69, 9.17) is 5.11 Å². The van der Waals surface area contributed by atoms with E-state index in [0.717, 1.165) is 6.07 Å². The number of benzene rings is 1. The number of nitro groups is 1. The van der Waals surface area contributed by atoms with E-state index in [-0.39, 0.29) is 27.9 Å². The van der Waals surface area contributed by atoms with Crippen LogP contribution in [0.4, 0.5) is 5.69 Å². The zero-order valence-corrected chi connectivity index (χ0v) is 14.3. The molecule has 0 heterocycles. The monoisotopic (exact) mass is 394 g/mol. The third kappa shape index (κ3) is 5.35. The molecule has 0 atom stereocenters. The molecule has 0 aliphatic heterocycles. The van der Waals surface area contributed by atoms with Crippen LogP contribution < -0.4 is 4.72 Å². The largest absolute Gasteiger partial charge is 0.481 e. The number of halogens is 1. The highest BCUT2D eigenvalue weighted by Crippen LogP contribution is 2.25. The highest BCUT2D eigenvalue weighted by atomic mass is 79.9. The van der Waals surface area contributed by atoms with Crippen molar-refractivity contribution in [2.24, 2.45) is 0 Å². The van der Waals surface area contributed by atoms with Gasteiger partial charge in [0.2, 0.25) is 10.0 Å². The van der Waals surface area contributed by atoms with E-state index in [1.165, 1.54) is 12.1 Å². The Morgan fingerprint density at radius 1 is 1.41 bits per heavy atom. The molecule has 0 amide bonds. The third-order valence-corrected chi connectivity index (χ3v) is 4.89. The first kappa shape index (κ1) is 18.5. The zero-order valence-electron chi connectivity index (χ0n) is 11.9. The van der Waals surface area contributed by atoms with Crippen molar-refractivity contribution in [3.8, 4) is 0 Å². The minimum Gasteiger partial charge on any atom is -0.481 e. The lowest BCUT2D eigenvalue weighted by molar-refractivity contribution is -0.385. The average Bonchev–Trinajstić information content (AvgIpc) is 2.34. The zero-order chi connectivity index (χ0) is 17.1. The Hall–Kier alpha value is -1.52. The molecule has 22 heavy (non-hydrogen) atoms. The summed E-state index contributed by atoms with van der Waals surface area (Å²) in [5.41, 5.74) is -1.37. The quantitative estimate of drug-likeness (QED) is 0.539. The van der Waals surface area contributed by atoms with E-state index in [9.17, 15) is 23.3 Å². The molecule has 0 aromatic heterocycles. The van der Waals surface area contributed by atoms with Crippen LogP contribution in [0.1, 0.15) is 26.7 Å². The van der Waals surface area contributed by atoms with Gasteiger partial charge in [-0.25, -0.2) is 13.1 Å². The Morgan fingerprint density at radius 2 is 2.00 bits per heavy atom. The maximum absolute atomic E-state index is 12.3. The van der Waals surface area contributed by atoms with Crippen molar-refractivity contribution < 1.29 is 23.2 Å². The third-order valence-electron chi connectivity index (χ3n) is 2.75. The van der Waals surface area contributed by atoms with Gasteiger partial charge in [0.15, 0.2) is 0 Å². The van der Waals surface area contributed by atoms with Crippen molar-refractivity contribution >= 4 is 37.6 Å². The Balaban J connectivity index is 3.09. The van der Waals surface area contributed by atoms with Crippen LogP contribution in [0.2, 0.25) is 0 Å². The molecule has 8 nitrogen and oxygen atoms in total. The summed E-state index contributed by atoms with van der Waals surface area (Å²) < 4.78 is 27.3. The normalized spacial score (nSPS) is 12.1. The fourth-order valence-corrected chi connectivity index (χ4v) is 3.84. The summed E-state index contributed by atoms with van der Waals surface area (Å²) in [4.78, 5) is 20.4. The molecule has 2 N–H and O–H groups in total. The number of hydrogen-bond donors (Lipinski definition) is 2. The number of nitro benzene ring substituents is 1. The Bertz CT molecular complexity index is 702. The summed E-state index contributed by atoms with van der Waals surface area (Å²) in [6.07, 6.45) is -0.119. The molecule has 0 unspecified atom stereocenters. The van der Waals surface area contributed by atoms with Crippen molar-refractivity contribution in [1.82, 2.24) is 4.72 Å². The van der Waals surface area contributed by atoms with E-state index in [2.05, 4.69) is 20.7 Å². The van der Waals surface area contributed by atoms with Crippen LogP contribution in [0.25, 0.3) is 0 Å². The standard InChI is InChI=1S/C12H15BrN2O6S/c1-12(2,4-3-11(16)17)14-22(20,21)10-6-8(13)5-9(7-10)15(18)19/h5-7,14H,3-4H2,1-2H3,(H,16,17). The average molecular weight is 395 g/mol. The van der Waals surface area contributed by atoms with Crippen LogP contribution >= 0.6 is 15.9 Å². The molecule has 122 valence electrons. The summed E-state index contributed by atoms with van der Waals surface area (Å²) in [7, 11) is -4.02. The van der Waals surface area contributed by atoms with Crippen molar-refractivity contribution in [2.75, 3.05) is 0 Å². The minimum atomic E-state index is -4.02. The number of rotatable bonds is 7. The Kier molecular flexibility index (Phi) is 5.65. The number of hydrogen-bond acceptors (Lipinski definition) is 5. The van der Waals surface area contributed by atoms with Gasteiger partial charge in [-0.1, -0.05) is 15.9 Å². The second kappa shape index (κ2) is 6.71. The van der Waals surface area contributed by atoms with Crippen LogP contribution in [0.15, 0.2) is 27.6 Å². The predicted octanol–water partition coefficient (Wildman–Crippen LogP) is 2.28. The second-order valence-corrected chi connectivity index (χ2v) is 7.88. The van der Waals surface area contributed by atoms with E-state index >= 15 is 0 Å². The fraction of sp³-hybridized carbons (Fsp3) is 0.417. The molecular formula is C12H15BrN2O6S. The summed E-state index contributed by atoms with van der Waals surface area (Å²) in [5, 5.41) is 19.5. The second-order valence-electron chi connectivity index (χ2n) is 5.29. The number of nitrogens with zero attached hydrogens (tertiary/aromatic N) is 1. The summed E-state index contributed by atoms with van der Waals surface area (Å²) in [6, 6.07) is 3.37. The van der Waals surface area contributed by atoms with Gasteiger partial charge in [-0.2, -0.15) is 0 Å². The predicted molar refractivity (Wildman–Crippen MR) is 82.1 cm³/mol. The summed E-state index contributed by atoms with van der Waals surface area (Å²) >= 11 is 3.03. The molecule has 0 fully saturated rings. The maximum atomic E-state index is 12.3. The first-order chi connectivity index (χ1) is 9.93. The van der Waals surface area contributed by atoms with E-state index in [1.54, 1.807) is 13.8 Å². The molecule has 0 saturated heterocycles. The molecule has 0 bridgehead atoms. The molecule has 1 rings (SSSR count). The van der Waals surface area contributed by atoms with Crippen molar-refractivity contribution in [3.63, 3.8) is 0 Å². The van der Waals surface area contributed by atoms with Gasteiger partial charge in [-0.15, -0.1) is 0 Å². The fourth-order valence-electron chi connectivity index (χ4n) is 1.70. The summed E-state index contributed by atoms with van der Waals surface area (Å²) in [5.74, 6) is -1.04. The van der Waals surface area contributed by atoms with Crippen LogP contribution in [0, 0.1) is 10.1 Å². The summed E-state index contributed by atoms with van der Waals surface area (Å²) in [6.45, 7) is 3.08. The molecule has 0 aliphatic carbocycles. The first-order valence-corrected chi connectivity index (χ1v) is 8.41. The number of sulfonamides is 1. The van der Waals surface area contributed by atoms with Crippen LogP contribution in [0.3, 0.4) is 0 Å². The first-order valence-electron chi connectivity index (χ1n) is 6.14. The van der Waals surface area contributed by atoms with E-state index in [1.807, 2.05) is 0 Å². The molecule has 0 saturated carbocycles. The lowest BCUT2D eigenvalue weighted by Gasteiger charge is -2.25. The topological polar surface area (TPSA) is 127 Å². The van der Waals surface area contributed by atoms with E-state index in [0.29, 0.717) is 0 Å². The van der Waals surface area contributed by atoms with Gasteiger partial charge in [0.05, 0.1) is 9.82 Å². The van der Waals surface area contributed by atoms with Crippen molar-refractivity contribution in [1.29, 1.82) is 0 Å². The van der Waals surface area contributed by atoms with Gasteiger partial charge in [-0.3, -0.25) is 14.9 Å². The lowest BCUT2D eigenvalue weighted by atomic mass is 10.0. The lowest BCUT2D eigenvalue weighted by Crippen LogP contribution is -2.43. The van der Waals surface area contributed by atoms with Crippen molar-refractivity contribution in [3.05, 3.63) is 32.8 Å². The molecule has 0 aliphatic rings. The number of non-ortho nitro benzene ring substituents is 1. The van der Waals surface area contributed by atoms with Crippen LogP contribution in [-0.4, -0.2) is 30.0 Å². The molecule has 1 aromatic rings. The Morgan fingerprint density at radius 3 is 2.50 bits per heavy atom. The highest BCUT2D eigenvalue weighted by Gasteiger charge is 2.28. The van der Waals surface area contributed by atoms with Gasteiger partial charge in [-0.05, 0) is 26.3 Å². The molecule has 10 heteroatoms. The number of carbonyl (C=O) groups is 1. The number of aliphatic carboxylic acids is 1. The SMILES string of the molecule is CC(C)(CCC(=O)O)NS(=O)(=O)c1cc(Br)cc([N+](=O)[O-])c1. The van der Waals surface area contributed by atoms with Crippen molar-refractivity contribution in [2.45, 2.75) is 37.1 Å². The molecule has 0 spiro atoms. The number of carboxylic acid groups (broad SMARTS) is 1. The van der Waals surface area contributed by atoms with Gasteiger partial charge in [0, 0.05) is 28.6 Å². The maximum Gasteiger partial charge on any atom is 0.303 e. The smallest absolute Gasteiger partial charge is 0.303 e.